The summed E-state index contributed by atoms with van der Waals surface area (Å²) < 4.78 is 0. The molecule has 0 aliphatic rings. The summed E-state index contributed by atoms with van der Waals surface area (Å²) in [6.07, 6.45) is 2.44. The molecule has 0 spiro atoms. The lowest BCUT2D eigenvalue weighted by molar-refractivity contribution is -0.136. The van der Waals surface area contributed by atoms with Gasteiger partial charge in [0, 0.05) is 26.7 Å². The molecule has 1 aromatic heterocycles. The molecule has 1 aromatic rings. The zero-order valence-corrected chi connectivity index (χ0v) is 9.32. The Bertz CT molecular complexity index is 362. The minimum atomic E-state index is -0.774. The summed E-state index contributed by atoms with van der Waals surface area (Å²) in [6, 6.07) is 1.99. The fourth-order valence-corrected chi connectivity index (χ4v) is 1.48. The number of aryl methyl sites for hydroxylation is 2. The van der Waals surface area contributed by atoms with Crippen molar-refractivity contribution >= 4 is 11.8 Å². The number of carboxylic acid groups (broad SMARTS) is 1. The minimum Gasteiger partial charge on any atom is -0.481 e. The number of nitrogens with zero attached hydrogens (tertiary/aromatic N) is 2. The molecular formula is C11H16N2O2. The third-order valence-electron chi connectivity index (χ3n) is 2.16. The molecular weight excluding hydrogens is 192 g/mol. The number of aromatic nitrogens is 1. The summed E-state index contributed by atoms with van der Waals surface area (Å²) in [5.41, 5.74) is 2.04. The lowest BCUT2D eigenvalue weighted by atomic mass is 10.1. The Kier molecular flexibility index (Phi) is 3.66. The Balaban J connectivity index is 2.77. The first-order chi connectivity index (χ1) is 7.00. The highest BCUT2D eigenvalue weighted by Crippen LogP contribution is 2.16. The van der Waals surface area contributed by atoms with Gasteiger partial charge in [0.25, 0.3) is 0 Å². The van der Waals surface area contributed by atoms with Crippen molar-refractivity contribution in [3.8, 4) is 0 Å². The van der Waals surface area contributed by atoms with Gasteiger partial charge < -0.3 is 10.0 Å². The van der Waals surface area contributed by atoms with Gasteiger partial charge in [-0.25, -0.2) is 4.98 Å². The van der Waals surface area contributed by atoms with Crippen molar-refractivity contribution in [3.63, 3.8) is 0 Å². The van der Waals surface area contributed by atoms with Gasteiger partial charge in [0.05, 0.1) is 0 Å². The SMILES string of the molecule is Cc1cc(CCC(=O)O)cnc1N(C)C. The number of pyridine rings is 1. The van der Waals surface area contributed by atoms with Crippen LogP contribution in [0.15, 0.2) is 12.3 Å². The normalized spacial score (nSPS) is 10.1. The molecule has 0 bridgehead atoms. The van der Waals surface area contributed by atoms with Crippen molar-refractivity contribution < 1.29 is 9.90 Å². The average molecular weight is 208 g/mol. The summed E-state index contributed by atoms with van der Waals surface area (Å²) >= 11 is 0. The van der Waals surface area contributed by atoms with Crippen LogP contribution in [-0.4, -0.2) is 30.2 Å². The minimum absolute atomic E-state index is 0.155. The van der Waals surface area contributed by atoms with Crippen LogP contribution in [0.4, 0.5) is 5.82 Å². The topological polar surface area (TPSA) is 53.4 Å². The van der Waals surface area contributed by atoms with Gasteiger partial charge in [-0.2, -0.15) is 0 Å². The van der Waals surface area contributed by atoms with Crippen molar-refractivity contribution in [2.24, 2.45) is 0 Å². The van der Waals surface area contributed by atoms with Gasteiger partial charge in [0.1, 0.15) is 5.82 Å². The first-order valence-electron chi connectivity index (χ1n) is 4.85. The third kappa shape index (κ3) is 3.23. The molecule has 0 saturated heterocycles. The van der Waals surface area contributed by atoms with E-state index in [1.54, 1.807) is 6.20 Å². The standard InChI is InChI=1S/C11H16N2O2/c1-8-6-9(4-5-10(14)15)7-12-11(8)13(2)3/h6-7H,4-5H2,1-3H3,(H,14,15). The van der Waals surface area contributed by atoms with Gasteiger partial charge in [-0.1, -0.05) is 6.07 Å². The number of aliphatic carboxylic acids is 1. The molecule has 0 aromatic carbocycles. The van der Waals surface area contributed by atoms with Crippen molar-refractivity contribution in [2.75, 3.05) is 19.0 Å². The molecule has 0 amide bonds. The van der Waals surface area contributed by atoms with Crippen molar-refractivity contribution in [2.45, 2.75) is 19.8 Å². The van der Waals surface area contributed by atoms with E-state index >= 15 is 0 Å². The van der Waals surface area contributed by atoms with E-state index in [0.29, 0.717) is 6.42 Å². The predicted molar refractivity (Wildman–Crippen MR) is 59.3 cm³/mol. The van der Waals surface area contributed by atoms with Crippen LogP contribution in [-0.2, 0) is 11.2 Å². The van der Waals surface area contributed by atoms with E-state index in [1.165, 1.54) is 0 Å². The Morgan fingerprint density at radius 2 is 2.20 bits per heavy atom. The molecule has 0 aliphatic carbocycles. The summed E-state index contributed by atoms with van der Waals surface area (Å²) in [5.74, 6) is 0.151. The zero-order valence-electron chi connectivity index (χ0n) is 9.32. The van der Waals surface area contributed by atoms with Crippen molar-refractivity contribution in [3.05, 3.63) is 23.4 Å². The van der Waals surface area contributed by atoms with E-state index in [9.17, 15) is 4.79 Å². The molecule has 0 fully saturated rings. The molecule has 1 heterocycles. The fourth-order valence-electron chi connectivity index (χ4n) is 1.48. The monoisotopic (exact) mass is 208 g/mol. The van der Waals surface area contributed by atoms with E-state index < -0.39 is 5.97 Å². The molecule has 1 N–H and O–H groups in total. The Morgan fingerprint density at radius 1 is 1.53 bits per heavy atom. The number of rotatable bonds is 4. The van der Waals surface area contributed by atoms with E-state index in [-0.39, 0.29) is 6.42 Å². The Morgan fingerprint density at radius 3 is 2.67 bits per heavy atom. The van der Waals surface area contributed by atoms with Gasteiger partial charge in [-0.3, -0.25) is 4.79 Å². The molecule has 0 aliphatic heterocycles. The third-order valence-corrected chi connectivity index (χ3v) is 2.16. The highest BCUT2D eigenvalue weighted by atomic mass is 16.4. The van der Waals surface area contributed by atoms with Crippen LogP contribution >= 0.6 is 0 Å². The largest absolute Gasteiger partial charge is 0.481 e. The summed E-state index contributed by atoms with van der Waals surface area (Å²) in [4.78, 5) is 16.6. The second-order valence-corrected chi connectivity index (χ2v) is 3.77. The van der Waals surface area contributed by atoms with E-state index in [0.717, 1.165) is 16.9 Å². The van der Waals surface area contributed by atoms with Crippen LogP contribution in [0.5, 0.6) is 0 Å². The lowest BCUT2D eigenvalue weighted by Gasteiger charge is -2.14. The second-order valence-electron chi connectivity index (χ2n) is 3.77. The smallest absolute Gasteiger partial charge is 0.303 e. The fraction of sp³-hybridized carbons (Fsp3) is 0.455. The second kappa shape index (κ2) is 4.77. The molecule has 1 rings (SSSR count). The molecule has 82 valence electrons. The average Bonchev–Trinajstić information content (AvgIpc) is 2.14. The maximum absolute atomic E-state index is 10.4. The van der Waals surface area contributed by atoms with Crippen molar-refractivity contribution in [1.82, 2.24) is 4.98 Å². The Labute approximate surface area is 89.6 Å². The van der Waals surface area contributed by atoms with Crippen molar-refractivity contribution in [1.29, 1.82) is 0 Å². The predicted octanol–water partition coefficient (Wildman–Crippen LogP) is 1.47. The summed E-state index contributed by atoms with van der Waals surface area (Å²) in [5, 5.41) is 8.56. The highest BCUT2D eigenvalue weighted by Gasteiger charge is 2.04. The van der Waals surface area contributed by atoms with Gasteiger partial charge in [0.2, 0.25) is 0 Å². The molecule has 4 heteroatoms. The van der Waals surface area contributed by atoms with Gasteiger partial charge in [0.15, 0.2) is 0 Å². The maximum atomic E-state index is 10.4. The number of hydrogen-bond donors (Lipinski definition) is 1. The number of anilines is 1. The van der Waals surface area contributed by atoms with Crippen LogP contribution in [0.3, 0.4) is 0 Å². The number of carbonyl (C=O) groups is 1. The molecule has 4 nitrogen and oxygen atoms in total. The van der Waals surface area contributed by atoms with E-state index in [2.05, 4.69) is 4.98 Å². The van der Waals surface area contributed by atoms with Crippen LogP contribution < -0.4 is 4.90 Å². The van der Waals surface area contributed by atoms with Crippen LogP contribution in [0.2, 0.25) is 0 Å². The van der Waals surface area contributed by atoms with Gasteiger partial charge >= 0.3 is 5.97 Å². The van der Waals surface area contributed by atoms with Crippen LogP contribution in [0.25, 0.3) is 0 Å². The molecule has 15 heavy (non-hydrogen) atoms. The zero-order chi connectivity index (χ0) is 11.4. The molecule has 0 unspecified atom stereocenters. The summed E-state index contributed by atoms with van der Waals surface area (Å²) in [7, 11) is 3.87. The van der Waals surface area contributed by atoms with E-state index in [4.69, 9.17) is 5.11 Å². The Hall–Kier alpha value is -1.58. The maximum Gasteiger partial charge on any atom is 0.303 e. The van der Waals surface area contributed by atoms with Crippen LogP contribution in [0, 0.1) is 6.92 Å². The number of carboxylic acids is 1. The quantitative estimate of drug-likeness (QED) is 0.814. The molecule has 0 saturated carbocycles. The molecule has 0 radical (unpaired) electrons. The van der Waals surface area contributed by atoms with Crippen LogP contribution in [0.1, 0.15) is 17.5 Å². The first-order valence-corrected chi connectivity index (χ1v) is 4.85. The highest BCUT2D eigenvalue weighted by molar-refractivity contribution is 5.67. The number of hydrogen-bond acceptors (Lipinski definition) is 3. The first kappa shape index (κ1) is 11.5. The van der Waals surface area contributed by atoms with Gasteiger partial charge in [-0.05, 0) is 24.5 Å². The summed E-state index contributed by atoms with van der Waals surface area (Å²) in [6.45, 7) is 1.98. The van der Waals surface area contributed by atoms with E-state index in [1.807, 2.05) is 32.0 Å². The molecule has 0 atom stereocenters. The lowest BCUT2D eigenvalue weighted by Crippen LogP contribution is -2.12. The van der Waals surface area contributed by atoms with Gasteiger partial charge in [-0.15, -0.1) is 0 Å².